The maximum absolute atomic E-state index is 11.6. The van der Waals surface area contributed by atoms with Crippen molar-refractivity contribution in [3.63, 3.8) is 0 Å². The Morgan fingerprint density at radius 2 is 1.88 bits per heavy atom. The zero-order valence-corrected chi connectivity index (χ0v) is 14.6. The summed E-state index contributed by atoms with van der Waals surface area (Å²) in [7, 11) is 1.42. The first kappa shape index (κ1) is 16.9. The summed E-state index contributed by atoms with van der Waals surface area (Å²) < 4.78 is 10.9. The van der Waals surface area contributed by atoms with E-state index in [1.54, 1.807) is 4.90 Å². The smallest absolute Gasteiger partial charge is 0.409 e. The van der Waals surface area contributed by atoms with Crippen LogP contribution in [0.1, 0.15) is 32.6 Å². The predicted octanol–water partition coefficient (Wildman–Crippen LogP) is 2.93. The van der Waals surface area contributed by atoms with Gasteiger partial charge < -0.3 is 19.3 Å². The first-order valence-corrected chi connectivity index (χ1v) is 8.86. The molecule has 1 amide bonds. The standard InChI is InChI=1S/C18H27N3O3/c1-14-3-5-15(6-4-14)24-16-7-8-19-17(13-16)20-9-11-21(12-10-20)18(22)23-2/h7-8,13-15H,3-6,9-12H2,1-2H3. The molecule has 1 saturated heterocycles. The predicted molar refractivity (Wildman–Crippen MR) is 92.5 cm³/mol. The van der Waals surface area contributed by atoms with Crippen molar-refractivity contribution in [1.82, 2.24) is 9.88 Å². The van der Waals surface area contributed by atoms with E-state index in [0.717, 1.165) is 43.4 Å². The normalized spacial score (nSPS) is 24.6. The molecule has 2 aliphatic rings. The number of rotatable bonds is 3. The monoisotopic (exact) mass is 333 g/mol. The van der Waals surface area contributed by atoms with Gasteiger partial charge >= 0.3 is 6.09 Å². The molecule has 24 heavy (non-hydrogen) atoms. The van der Waals surface area contributed by atoms with Gasteiger partial charge in [-0.2, -0.15) is 0 Å². The van der Waals surface area contributed by atoms with Crippen molar-refractivity contribution in [3.8, 4) is 5.75 Å². The van der Waals surface area contributed by atoms with Gasteiger partial charge in [0.25, 0.3) is 0 Å². The van der Waals surface area contributed by atoms with Crippen molar-refractivity contribution < 1.29 is 14.3 Å². The van der Waals surface area contributed by atoms with Crippen LogP contribution in [0, 0.1) is 5.92 Å². The summed E-state index contributed by atoms with van der Waals surface area (Å²) >= 11 is 0. The molecule has 2 fully saturated rings. The van der Waals surface area contributed by atoms with E-state index in [4.69, 9.17) is 9.47 Å². The third-order valence-corrected chi connectivity index (χ3v) is 5.02. The van der Waals surface area contributed by atoms with Gasteiger partial charge in [0.1, 0.15) is 11.6 Å². The topological polar surface area (TPSA) is 54.9 Å². The van der Waals surface area contributed by atoms with E-state index in [1.807, 2.05) is 18.3 Å². The molecule has 1 saturated carbocycles. The minimum atomic E-state index is -0.258. The van der Waals surface area contributed by atoms with E-state index in [-0.39, 0.29) is 6.09 Å². The highest BCUT2D eigenvalue weighted by Crippen LogP contribution is 2.28. The molecule has 0 N–H and O–H groups in total. The van der Waals surface area contributed by atoms with Crippen LogP contribution >= 0.6 is 0 Å². The number of hydrogen-bond acceptors (Lipinski definition) is 5. The molecule has 0 atom stereocenters. The number of piperazine rings is 1. The van der Waals surface area contributed by atoms with Crippen LogP contribution in [-0.2, 0) is 4.74 Å². The molecule has 0 radical (unpaired) electrons. The number of carbonyl (C=O) groups excluding carboxylic acids is 1. The van der Waals surface area contributed by atoms with E-state index in [2.05, 4.69) is 16.8 Å². The summed E-state index contributed by atoms with van der Waals surface area (Å²) in [5, 5.41) is 0. The molecular formula is C18H27N3O3. The number of ether oxygens (including phenoxy) is 2. The van der Waals surface area contributed by atoms with Crippen LogP contribution < -0.4 is 9.64 Å². The minimum absolute atomic E-state index is 0.258. The summed E-state index contributed by atoms with van der Waals surface area (Å²) in [5.74, 6) is 2.64. The van der Waals surface area contributed by atoms with Crippen LogP contribution in [0.4, 0.5) is 10.6 Å². The fraction of sp³-hybridized carbons (Fsp3) is 0.667. The number of carbonyl (C=O) groups is 1. The second kappa shape index (κ2) is 7.73. The highest BCUT2D eigenvalue weighted by atomic mass is 16.5. The Morgan fingerprint density at radius 3 is 2.54 bits per heavy atom. The number of anilines is 1. The van der Waals surface area contributed by atoms with Crippen molar-refractivity contribution in [2.75, 3.05) is 38.2 Å². The minimum Gasteiger partial charge on any atom is -0.490 e. The number of methoxy groups -OCH3 is 1. The third-order valence-electron chi connectivity index (χ3n) is 5.02. The maximum Gasteiger partial charge on any atom is 0.409 e. The van der Waals surface area contributed by atoms with E-state index >= 15 is 0 Å². The SMILES string of the molecule is COC(=O)N1CCN(c2cc(OC3CCC(C)CC3)ccn2)CC1. The van der Waals surface area contributed by atoms with Crippen molar-refractivity contribution in [2.45, 2.75) is 38.7 Å². The highest BCUT2D eigenvalue weighted by Gasteiger charge is 2.23. The Labute approximate surface area is 143 Å². The van der Waals surface area contributed by atoms with Gasteiger partial charge in [0.2, 0.25) is 0 Å². The van der Waals surface area contributed by atoms with Crippen LogP contribution in [-0.4, -0.2) is 55.4 Å². The fourth-order valence-corrected chi connectivity index (χ4v) is 3.43. The molecule has 1 aliphatic heterocycles. The molecule has 2 heterocycles. The van der Waals surface area contributed by atoms with Crippen molar-refractivity contribution in [2.24, 2.45) is 5.92 Å². The molecule has 1 aromatic rings. The summed E-state index contributed by atoms with van der Waals surface area (Å²) in [6.07, 6.45) is 6.64. The van der Waals surface area contributed by atoms with Crippen molar-refractivity contribution in [1.29, 1.82) is 0 Å². The zero-order chi connectivity index (χ0) is 16.9. The Balaban J connectivity index is 1.56. The first-order valence-electron chi connectivity index (χ1n) is 8.86. The van der Waals surface area contributed by atoms with Crippen LogP contribution in [0.5, 0.6) is 5.75 Å². The number of amides is 1. The van der Waals surface area contributed by atoms with Crippen LogP contribution in [0.3, 0.4) is 0 Å². The second-order valence-corrected chi connectivity index (χ2v) is 6.79. The molecule has 0 unspecified atom stereocenters. The summed E-state index contributed by atoms with van der Waals surface area (Å²) in [6.45, 7) is 5.13. The van der Waals surface area contributed by atoms with Crippen LogP contribution in [0.15, 0.2) is 18.3 Å². The molecular weight excluding hydrogens is 306 g/mol. The lowest BCUT2D eigenvalue weighted by Crippen LogP contribution is -2.49. The summed E-state index contributed by atoms with van der Waals surface area (Å²) in [4.78, 5) is 19.9. The van der Waals surface area contributed by atoms with Crippen LogP contribution in [0.25, 0.3) is 0 Å². The summed E-state index contributed by atoms with van der Waals surface area (Å²) in [5.41, 5.74) is 0. The van der Waals surface area contributed by atoms with Gasteiger partial charge in [0, 0.05) is 38.4 Å². The van der Waals surface area contributed by atoms with Gasteiger partial charge in [-0.05, 0) is 37.7 Å². The van der Waals surface area contributed by atoms with Gasteiger partial charge in [-0.3, -0.25) is 0 Å². The lowest BCUT2D eigenvalue weighted by atomic mass is 9.89. The zero-order valence-electron chi connectivity index (χ0n) is 14.6. The average Bonchev–Trinajstić information content (AvgIpc) is 2.63. The molecule has 0 aromatic carbocycles. The Hall–Kier alpha value is -1.98. The molecule has 0 bridgehead atoms. The highest BCUT2D eigenvalue weighted by molar-refractivity contribution is 5.67. The number of hydrogen-bond donors (Lipinski definition) is 0. The first-order chi connectivity index (χ1) is 11.7. The lowest BCUT2D eigenvalue weighted by Gasteiger charge is -2.34. The van der Waals surface area contributed by atoms with E-state index < -0.39 is 0 Å². The quantitative estimate of drug-likeness (QED) is 0.851. The fourth-order valence-electron chi connectivity index (χ4n) is 3.43. The molecule has 6 nitrogen and oxygen atoms in total. The summed E-state index contributed by atoms with van der Waals surface area (Å²) in [6, 6.07) is 3.96. The van der Waals surface area contributed by atoms with Crippen molar-refractivity contribution in [3.05, 3.63) is 18.3 Å². The molecule has 3 rings (SSSR count). The van der Waals surface area contributed by atoms with Gasteiger partial charge in [-0.1, -0.05) is 6.92 Å². The molecule has 132 valence electrons. The Bertz CT molecular complexity index is 550. The van der Waals surface area contributed by atoms with Gasteiger partial charge in [0.15, 0.2) is 0 Å². The van der Waals surface area contributed by atoms with E-state index in [9.17, 15) is 4.79 Å². The van der Waals surface area contributed by atoms with Gasteiger partial charge in [-0.15, -0.1) is 0 Å². The van der Waals surface area contributed by atoms with E-state index in [1.165, 1.54) is 20.0 Å². The average molecular weight is 333 g/mol. The Kier molecular flexibility index (Phi) is 5.43. The second-order valence-electron chi connectivity index (χ2n) is 6.79. The molecule has 6 heteroatoms. The lowest BCUT2D eigenvalue weighted by molar-refractivity contribution is 0.121. The van der Waals surface area contributed by atoms with Crippen molar-refractivity contribution >= 4 is 11.9 Å². The maximum atomic E-state index is 11.6. The van der Waals surface area contributed by atoms with Gasteiger partial charge in [-0.25, -0.2) is 9.78 Å². The molecule has 1 aromatic heterocycles. The van der Waals surface area contributed by atoms with Gasteiger partial charge in [0.05, 0.1) is 13.2 Å². The number of nitrogens with zero attached hydrogens (tertiary/aromatic N) is 3. The number of pyridine rings is 1. The molecule has 1 aliphatic carbocycles. The van der Waals surface area contributed by atoms with Crippen LogP contribution in [0.2, 0.25) is 0 Å². The Morgan fingerprint density at radius 1 is 1.17 bits per heavy atom. The van der Waals surface area contributed by atoms with E-state index in [0.29, 0.717) is 19.2 Å². The largest absolute Gasteiger partial charge is 0.490 e. The third kappa shape index (κ3) is 4.10. The molecule has 0 spiro atoms. The number of aromatic nitrogens is 1.